The van der Waals surface area contributed by atoms with E-state index in [-0.39, 0.29) is 0 Å². The Morgan fingerprint density at radius 1 is 1.05 bits per heavy atom. The second-order valence-corrected chi connectivity index (χ2v) is 5.50. The maximum atomic E-state index is 9.87. The largest absolute Gasteiger partial charge is 0.457 e. The molecule has 3 rings (SSSR count). The van der Waals surface area contributed by atoms with Gasteiger partial charge in [-0.25, -0.2) is 0 Å². The predicted octanol–water partition coefficient (Wildman–Crippen LogP) is 4.21. The van der Waals surface area contributed by atoms with Gasteiger partial charge in [0.05, 0.1) is 5.03 Å². The third-order valence-corrected chi connectivity index (χ3v) is 3.74. The molecule has 1 heterocycles. The van der Waals surface area contributed by atoms with Gasteiger partial charge in [0.1, 0.15) is 11.5 Å². The van der Waals surface area contributed by atoms with Crippen LogP contribution in [0.15, 0.2) is 71.9 Å². The zero-order chi connectivity index (χ0) is 15.5. The Labute approximate surface area is 134 Å². The number of rotatable bonds is 3. The highest BCUT2D eigenvalue weighted by molar-refractivity contribution is 6.31. The van der Waals surface area contributed by atoms with Gasteiger partial charge in [-0.1, -0.05) is 48.0 Å². The highest BCUT2D eigenvalue weighted by atomic mass is 35.5. The summed E-state index contributed by atoms with van der Waals surface area (Å²) in [5.74, 6) is 1.51. The van der Waals surface area contributed by atoms with Crippen LogP contribution in [0, 0.1) is 0 Å². The number of aliphatic hydroxyl groups excluding tert-OH is 1. The van der Waals surface area contributed by atoms with Gasteiger partial charge in [0.2, 0.25) is 0 Å². The molecule has 1 N–H and O–H groups in total. The number of aliphatic hydroxyl groups is 1. The summed E-state index contributed by atoms with van der Waals surface area (Å²) in [7, 11) is 1.78. The summed E-state index contributed by atoms with van der Waals surface area (Å²) < 4.78 is 5.97. The van der Waals surface area contributed by atoms with Crippen LogP contribution in [-0.2, 0) is 0 Å². The number of nitrogens with zero attached hydrogens (tertiary/aromatic N) is 1. The van der Waals surface area contributed by atoms with E-state index in [0.717, 1.165) is 22.6 Å². The van der Waals surface area contributed by atoms with Crippen molar-refractivity contribution in [2.24, 2.45) is 0 Å². The Morgan fingerprint density at radius 3 is 2.45 bits per heavy atom. The van der Waals surface area contributed by atoms with Crippen LogP contribution in [-0.4, -0.2) is 23.3 Å². The fourth-order valence-electron chi connectivity index (χ4n) is 2.30. The number of ether oxygens (including phenoxy) is 1. The van der Waals surface area contributed by atoms with Gasteiger partial charge in [0.15, 0.2) is 6.23 Å². The molecular weight excluding hydrogens is 298 g/mol. The monoisotopic (exact) mass is 313 g/mol. The molecule has 1 atom stereocenters. The molecule has 1 aliphatic heterocycles. The minimum Gasteiger partial charge on any atom is -0.457 e. The van der Waals surface area contributed by atoms with E-state index < -0.39 is 6.23 Å². The topological polar surface area (TPSA) is 32.7 Å². The van der Waals surface area contributed by atoms with Crippen molar-refractivity contribution in [3.05, 3.63) is 77.5 Å². The van der Waals surface area contributed by atoms with Gasteiger partial charge in [-0.3, -0.25) is 0 Å². The molecule has 112 valence electrons. The Morgan fingerprint density at radius 2 is 1.73 bits per heavy atom. The van der Waals surface area contributed by atoms with E-state index >= 15 is 0 Å². The Kier molecular flexibility index (Phi) is 4.18. The zero-order valence-electron chi connectivity index (χ0n) is 12.1. The van der Waals surface area contributed by atoms with Gasteiger partial charge in [0.25, 0.3) is 0 Å². The van der Waals surface area contributed by atoms with Gasteiger partial charge in [-0.15, -0.1) is 0 Å². The summed E-state index contributed by atoms with van der Waals surface area (Å²) >= 11 is 6.11. The molecule has 2 aromatic rings. The van der Waals surface area contributed by atoms with Crippen molar-refractivity contribution in [2.45, 2.75) is 6.23 Å². The smallest absolute Gasteiger partial charge is 0.163 e. The first-order valence-corrected chi connectivity index (χ1v) is 7.34. The van der Waals surface area contributed by atoms with E-state index in [9.17, 15) is 5.11 Å². The van der Waals surface area contributed by atoms with E-state index in [1.54, 1.807) is 18.0 Å². The number of para-hydroxylation sites is 2. The van der Waals surface area contributed by atoms with E-state index in [2.05, 4.69) is 0 Å². The van der Waals surface area contributed by atoms with Crippen molar-refractivity contribution in [1.29, 1.82) is 0 Å². The van der Waals surface area contributed by atoms with Crippen molar-refractivity contribution in [3.8, 4) is 11.5 Å². The molecule has 22 heavy (non-hydrogen) atoms. The molecular formula is C18H16ClNO2. The number of likely N-dealkylation sites (N-methyl/N-ethyl adjacent to an activating group) is 1. The van der Waals surface area contributed by atoms with Crippen molar-refractivity contribution in [3.63, 3.8) is 0 Å². The molecule has 2 aromatic carbocycles. The first-order valence-electron chi connectivity index (χ1n) is 6.96. The molecule has 1 aliphatic rings. The van der Waals surface area contributed by atoms with Crippen LogP contribution < -0.4 is 4.74 Å². The molecule has 0 aromatic heterocycles. The summed E-state index contributed by atoms with van der Waals surface area (Å²) in [4.78, 5) is 1.66. The lowest BCUT2D eigenvalue weighted by Gasteiger charge is -2.27. The van der Waals surface area contributed by atoms with Gasteiger partial charge in [0, 0.05) is 24.4 Å². The average Bonchev–Trinajstić information content (AvgIpc) is 2.54. The molecule has 0 aliphatic carbocycles. The summed E-state index contributed by atoms with van der Waals surface area (Å²) in [6, 6.07) is 17.4. The first-order chi connectivity index (χ1) is 10.6. The quantitative estimate of drug-likeness (QED) is 0.921. The highest BCUT2D eigenvalue weighted by Gasteiger charge is 2.20. The van der Waals surface area contributed by atoms with Crippen LogP contribution in [0.1, 0.15) is 5.56 Å². The van der Waals surface area contributed by atoms with Crippen LogP contribution in [0.4, 0.5) is 0 Å². The maximum Gasteiger partial charge on any atom is 0.163 e. The minimum atomic E-state index is -0.798. The number of halogens is 1. The average molecular weight is 314 g/mol. The lowest BCUT2D eigenvalue weighted by Crippen LogP contribution is -2.29. The molecule has 0 radical (unpaired) electrons. The third kappa shape index (κ3) is 3.01. The van der Waals surface area contributed by atoms with Crippen LogP contribution in [0.3, 0.4) is 0 Å². The van der Waals surface area contributed by atoms with Crippen molar-refractivity contribution < 1.29 is 9.84 Å². The third-order valence-electron chi connectivity index (χ3n) is 3.44. The predicted molar refractivity (Wildman–Crippen MR) is 88.6 cm³/mol. The summed E-state index contributed by atoms with van der Waals surface area (Å²) in [6.07, 6.45) is 2.82. The Bertz CT molecular complexity index is 725. The second kappa shape index (κ2) is 6.26. The van der Waals surface area contributed by atoms with Gasteiger partial charge in [-0.2, -0.15) is 0 Å². The van der Waals surface area contributed by atoms with Crippen LogP contribution in [0.5, 0.6) is 11.5 Å². The molecule has 4 heteroatoms. The summed E-state index contributed by atoms with van der Waals surface area (Å²) in [6.45, 7) is 0. The molecule has 0 saturated carbocycles. The van der Waals surface area contributed by atoms with Gasteiger partial charge in [-0.05, 0) is 24.3 Å². The lowest BCUT2D eigenvalue weighted by molar-refractivity contribution is 0.0937. The number of allylic oxidation sites excluding steroid dienone is 2. The van der Waals surface area contributed by atoms with Crippen LogP contribution in [0.2, 0.25) is 0 Å². The van der Waals surface area contributed by atoms with Crippen molar-refractivity contribution in [1.82, 2.24) is 4.90 Å². The number of benzene rings is 2. The first kappa shape index (κ1) is 14.7. The fraction of sp³-hybridized carbons (Fsp3) is 0.111. The fourth-order valence-corrected chi connectivity index (χ4v) is 2.57. The van der Waals surface area contributed by atoms with E-state index in [1.165, 1.54) is 0 Å². The standard InChI is InChI=1S/C18H16ClNO2/c1-20-12-13(11-16(19)18(20)21)15-9-5-6-10-17(15)22-14-7-3-2-4-8-14/h2-12,18,21H,1H3. The SMILES string of the molecule is CN1C=C(c2ccccc2Oc2ccccc2)C=C(Cl)C1O. The van der Waals surface area contributed by atoms with E-state index in [1.807, 2.05) is 60.8 Å². The molecule has 3 nitrogen and oxygen atoms in total. The number of hydrogen-bond donors (Lipinski definition) is 1. The van der Waals surface area contributed by atoms with Crippen LogP contribution in [0.25, 0.3) is 5.57 Å². The minimum absolute atomic E-state index is 0.384. The summed E-state index contributed by atoms with van der Waals surface area (Å²) in [5, 5.41) is 10.2. The summed E-state index contributed by atoms with van der Waals surface area (Å²) in [5.41, 5.74) is 1.81. The Balaban J connectivity index is 1.97. The highest BCUT2D eigenvalue weighted by Crippen LogP contribution is 2.34. The lowest BCUT2D eigenvalue weighted by atomic mass is 10.0. The molecule has 0 bridgehead atoms. The Hall–Kier alpha value is -2.23. The number of hydrogen-bond acceptors (Lipinski definition) is 3. The van der Waals surface area contributed by atoms with Gasteiger partial charge >= 0.3 is 0 Å². The molecule has 0 spiro atoms. The zero-order valence-corrected chi connectivity index (χ0v) is 12.9. The second-order valence-electron chi connectivity index (χ2n) is 5.06. The molecule has 0 fully saturated rings. The maximum absolute atomic E-state index is 9.87. The normalized spacial score (nSPS) is 17.8. The molecule has 1 unspecified atom stereocenters. The van der Waals surface area contributed by atoms with Crippen LogP contribution >= 0.6 is 11.6 Å². The van der Waals surface area contributed by atoms with Crippen molar-refractivity contribution >= 4 is 17.2 Å². The van der Waals surface area contributed by atoms with E-state index in [0.29, 0.717) is 5.03 Å². The molecule has 0 amide bonds. The molecule has 0 saturated heterocycles. The van der Waals surface area contributed by atoms with Crippen molar-refractivity contribution in [2.75, 3.05) is 7.05 Å². The van der Waals surface area contributed by atoms with E-state index in [4.69, 9.17) is 16.3 Å². The van der Waals surface area contributed by atoms with Gasteiger partial charge < -0.3 is 14.7 Å².